The molecule has 0 saturated heterocycles. The summed E-state index contributed by atoms with van der Waals surface area (Å²) in [5.74, 6) is -0.547. The minimum absolute atomic E-state index is 0.0327. The minimum Gasteiger partial charge on any atom is -0.350 e. The molecule has 0 radical (unpaired) electrons. The van der Waals surface area contributed by atoms with Crippen LogP contribution in [0.15, 0.2) is 18.2 Å². The van der Waals surface area contributed by atoms with Crippen molar-refractivity contribution in [3.05, 3.63) is 33.8 Å². The smallest absolute Gasteiger partial charge is 0.255 e. The molecule has 0 unspecified atom stereocenters. The van der Waals surface area contributed by atoms with Gasteiger partial charge in [-0.2, -0.15) is 0 Å². The summed E-state index contributed by atoms with van der Waals surface area (Å²) in [4.78, 5) is 25.3. The normalized spacial score (nSPS) is 11.1. The highest BCUT2D eigenvalue weighted by molar-refractivity contribution is 6.36. The molecule has 2 amide bonds. The highest BCUT2D eigenvalue weighted by Crippen LogP contribution is 2.21. The van der Waals surface area contributed by atoms with Crippen LogP contribution >= 0.6 is 23.2 Å². The minimum atomic E-state index is -0.334. The van der Waals surface area contributed by atoms with Crippen molar-refractivity contribution in [2.45, 2.75) is 26.3 Å². The van der Waals surface area contributed by atoms with Crippen LogP contribution in [0.1, 0.15) is 31.1 Å². The first-order chi connectivity index (χ1) is 9.10. The summed E-state index contributed by atoms with van der Waals surface area (Å²) in [5, 5.41) is 3.52. The Bertz CT molecular complexity index is 524. The lowest BCUT2D eigenvalue weighted by Gasteiger charge is -2.23. The second kappa shape index (κ2) is 6.46. The van der Waals surface area contributed by atoms with Crippen LogP contribution in [-0.4, -0.2) is 35.8 Å². The van der Waals surface area contributed by atoms with Gasteiger partial charge in [0.1, 0.15) is 0 Å². The molecule has 0 aliphatic carbocycles. The van der Waals surface area contributed by atoms with Gasteiger partial charge in [0.15, 0.2) is 0 Å². The maximum absolute atomic E-state index is 12.2. The van der Waals surface area contributed by atoms with E-state index in [9.17, 15) is 9.59 Å². The van der Waals surface area contributed by atoms with Crippen molar-refractivity contribution in [3.63, 3.8) is 0 Å². The zero-order valence-electron chi connectivity index (χ0n) is 12.0. The average Bonchev–Trinajstić information content (AvgIpc) is 2.25. The number of hydrogen-bond acceptors (Lipinski definition) is 2. The van der Waals surface area contributed by atoms with Crippen LogP contribution < -0.4 is 5.32 Å². The van der Waals surface area contributed by atoms with Crippen molar-refractivity contribution in [2.24, 2.45) is 0 Å². The van der Waals surface area contributed by atoms with Crippen LogP contribution in [0.3, 0.4) is 0 Å². The number of rotatable bonds is 3. The third-order valence-corrected chi connectivity index (χ3v) is 2.95. The summed E-state index contributed by atoms with van der Waals surface area (Å²) in [6, 6.07) is 4.63. The molecule has 4 nitrogen and oxygen atoms in total. The molecule has 1 aromatic rings. The van der Waals surface area contributed by atoms with E-state index >= 15 is 0 Å². The summed E-state index contributed by atoms with van der Waals surface area (Å²) in [7, 11) is 1.55. The number of benzene rings is 1. The van der Waals surface area contributed by atoms with Crippen molar-refractivity contribution in [1.82, 2.24) is 10.2 Å². The lowest BCUT2D eigenvalue weighted by atomic mass is 10.1. The van der Waals surface area contributed by atoms with Gasteiger partial charge in [0, 0.05) is 17.6 Å². The first-order valence-electron chi connectivity index (χ1n) is 6.11. The van der Waals surface area contributed by atoms with E-state index in [2.05, 4.69) is 5.32 Å². The second-order valence-corrected chi connectivity index (χ2v) is 6.43. The largest absolute Gasteiger partial charge is 0.350 e. The van der Waals surface area contributed by atoms with Crippen LogP contribution in [0.5, 0.6) is 0 Å². The van der Waals surface area contributed by atoms with Gasteiger partial charge in [0.05, 0.1) is 17.1 Å². The quantitative estimate of drug-likeness (QED) is 0.932. The number of likely N-dealkylation sites (N-methyl/N-ethyl adjacent to an activating group) is 1. The van der Waals surface area contributed by atoms with E-state index in [1.807, 2.05) is 20.8 Å². The third-order valence-electron chi connectivity index (χ3n) is 2.40. The van der Waals surface area contributed by atoms with E-state index in [0.717, 1.165) is 0 Å². The van der Waals surface area contributed by atoms with Crippen molar-refractivity contribution in [1.29, 1.82) is 0 Å². The van der Waals surface area contributed by atoms with Gasteiger partial charge in [0.2, 0.25) is 5.91 Å². The van der Waals surface area contributed by atoms with Gasteiger partial charge in [0.25, 0.3) is 5.91 Å². The van der Waals surface area contributed by atoms with Gasteiger partial charge in [-0.3, -0.25) is 9.59 Å². The standard InChI is InChI=1S/C14H18Cl2N2O2/c1-14(2,3)17-12(19)8-18(4)13(20)10-6-5-9(15)7-11(10)16/h5-7H,8H2,1-4H3,(H,17,19). The van der Waals surface area contributed by atoms with Gasteiger partial charge in [-0.25, -0.2) is 0 Å². The zero-order chi connectivity index (χ0) is 15.5. The summed E-state index contributed by atoms with van der Waals surface area (Å²) < 4.78 is 0. The molecule has 0 aliphatic heterocycles. The van der Waals surface area contributed by atoms with Gasteiger partial charge in [-0.15, -0.1) is 0 Å². The van der Waals surface area contributed by atoms with Crippen LogP contribution in [0, 0.1) is 0 Å². The molecule has 20 heavy (non-hydrogen) atoms. The van der Waals surface area contributed by atoms with E-state index in [0.29, 0.717) is 10.6 Å². The summed E-state index contributed by atoms with van der Waals surface area (Å²) in [5.41, 5.74) is -0.0130. The molecule has 0 saturated carbocycles. The van der Waals surface area contributed by atoms with Crippen molar-refractivity contribution < 1.29 is 9.59 Å². The molecule has 0 aromatic heterocycles. The fourth-order valence-electron chi connectivity index (χ4n) is 1.61. The number of nitrogens with one attached hydrogen (secondary N) is 1. The van der Waals surface area contributed by atoms with Crippen LogP contribution in [0.4, 0.5) is 0 Å². The monoisotopic (exact) mass is 316 g/mol. The number of nitrogens with zero attached hydrogens (tertiary/aromatic N) is 1. The van der Waals surface area contributed by atoms with Crippen molar-refractivity contribution >= 4 is 35.0 Å². The SMILES string of the molecule is CN(CC(=O)NC(C)(C)C)C(=O)c1ccc(Cl)cc1Cl. The molecular weight excluding hydrogens is 299 g/mol. The maximum Gasteiger partial charge on any atom is 0.255 e. The number of halogens is 2. The van der Waals surface area contributed by atoms with E-state index in [1.54, 1.807) is 19.2 Å². The van der Waals surface area contributed by atoms with Crippen LogP contribution in [-0.2, 0) is 4.79 Å². The Balaban J connectivity index is 2.75. The molecule has 110 valence electrons. The maximum atomic E-state index is 12.2. The Morgan fingerprint density at radius 2 is 1.85 bits per heavy atom. The fourth-order valence-corrected chi connectivity index (χ4v) is 2.10. The van der Waals surface area contributed by atoms with Crippen molar-refractivity contribution in [3.8, 4) is 0 Å². The highest BCUT2D eigenvalue weighted by Gasteiger charge is 2.20. The predicted molar refractivity (Wildman–Crippen MR) is 81.3 cm³/mol. The summed E-state index contributed by atoms with van der Waals surface area (Å²) in [6.07, 6.45) is 0. The lowest BCUT2D eigenvalue weighted by molar-refractivity contribution is -0.122. The van der Waals surface area contributed by atoms with Crippen LogP contribution in [0.2, 0.25) is 10.0 Å². The van der Waals surface area contributed by atoms with E-state index < -0.39 is 0 Å². The van der Waals surface area contributed by atoms with E-state index in [-0.39, 0.29) is 28.9 Å². The highest BCUT2D eigenvalue weighted by atomic mass is 35.5. The molecular formula is C14H18Cl2N2O2. The first kappa shape index (κ1) is 16.8. The number of hydrogen-bond donors (Lipinski definition) is 1. The second-order valence-electron chi connectivity index (χ2n) is 5.58. The molecule has 0 heterocycles. The zero-order valence-corrected chi connectivity index (χ0v) is 13.5. The molecule has 0 atom stereocenters. The summed E-state index contributed by atoms with van der Waals surface area (Å²) in [6.45, 7) is 5.60. The van der Waals surface area contributed by atoms with Gasteiger partial charge < -0.3 is 10.2 Å². The molecule has 0 spiro atoms. The Kier molecular flexibility index (Phi) is 5.42. The molecule has 1 N–H and O–H groups in total. The lowest BCUT2D eigenvalue weighted by Crippen LogP contribution is -2.46. The van der Waals surface area contributed by atoms with Gasteiger partial charge in [-0.05, 0) is 39.0 Å². The predicted octanol–water partition coefficient (Wildman–Crippen LogP) is 2.98. The van der Waals surface area contributed by atoms with E-state index in [4.69, 9.17) is 23.2 Å². The number of carbonyl (C=O) groups excluding carboxylic acids is 2. The van der Waals surface area contributed by atoms with Gasteiger partial charge in [-0.1, -0.05) is 23.2 Å². The Hall–Kier alpha value is -1.26. The molecule has 1 aromatic carbocycles. The molecule has 0 bridgehead atoms. The molecule has 1 rings (SSSR count). The third kappa shape index (κ3) is 5.02. The Labute approximate surface area is 129 Å². The Morgan fingerprint density at radius 3 is 2.35 bits per heavy atom. The topological polar surface area (TPSA) is 49.4 Å². The average molecular weight is 317 g/mol. The molecule has 6 heteroatoms. The molecule has 0 fully saturated rings. The van der Waals surface area contributed by atoms with E-state index in [1.165, 1.54) is 11.0 Å². The number of amides is 2. The number of carbonyl (C=O) groups is 2. The fraction of sp³-hybridized carbons (Fsp3) is 0.429. The summed E-state index contributed by atoms with van der Waals surface area (Å²) >= 11 is 11.8. The first-order valence-corrected chi connectivity index (χ1v) is 6.87. The van der Waals surface area contributed by atoms with Crippen molar-refractivity contribution in [2.75, 3.05) is 13.6 Å². The Morgan fingerprint density at radius 1 is 1.25 bits per heavy atom. The van der Waals surface area contributed by atoms with Crippen LogP contribution in [0.25, 0.3) is 0 Å². The van der Waals surface area contributed by atoms with Gasteiger partial charge >= 0.3 is 0 Å². The molecule has 0 aliphatic rings.